The highest BCUT2D eigenvalue weighted by atomic mass is 16.2. The minimum atomic E-state index is -0.167. The summed E-state index contributed by atoms with van der Waals surface area (Å²) in [6.45, 7) is 0.0675. The first kappa shape index (κ1) is 13.3. The predicted octanol–water partition coefficient (Wildman–Crippen LogP) is 2.00. The van der Waals surface area contributed by atoms with Gasteiger partial charge in [-0.05, 0) is 30.7 Å². The number of fused-ring (bicyclic) bond motifs is 1. The van der Waals surface area contributed by atoms with Crippen LogP contribution in [0.3, 0.4) is 0 Å². The number of carbonyl (C=O) groups is 2. The van der Waals surface area contributed by atoms with Gasteiger partial charge in [0.25, 0.3) is 0 Å². The van der Waals surface area contributed by atoms with Crippen molar-refractivity contribution in [3.8, 4) is 0 Å². The third-order valence-corrected chi connectivity index (χ3v) is 3.39. The van der Waals surface area contributed by atoms with Crippen molar-refractivity contribution in [2.75, 3.05) is 16.8 Å². The molecule has 0 saturated carbocycles. The number of benzene rings is 1. The average molecular weight is 281 g/mol. The van der Waals surface area contributed by atoms with E-state index in [2.05, 4.69) is 10.3 Å². The van der Waals surface area contributed by atoms with Crippen LogP contribution in [0.2, 0.25) is 0 Å². The molecule has 1 aromatic carbocycles. The summed E-state index contributed by atoms with van der Waals surface area (Å²) in [5.74, 6) is -0.233. The van der Waals surface area contributed by atoms with Gasteiger partial charge >= 0.3 is 0 Å². The molecule has 2 amide bonds. The van der Waals surface area contributed by atoms with Crippen molar-refractivity contribution in [1.82, 2.24) is 4.98 Å². The number of nitrogens with zero attached hydrogens (tertiary/aromatic N) is 2. The maximum atomic E-state index is 12.4. The lowest BCUT2D eigenvalue weighted by Crippen LogP contribution is -2.42. The molecule has 0 fully saturated rings. The fourth-order valence-electron chi connectivity index (χ4n) is 2.37. The Morgan fingerprint density at radius 1 is 1.19 bits per heavy atom. The van der Waals surface area contributed by atoms with Gasteiger partial charge in [-0.2, -0.15) is 0 Å². The number of aromatic nitrogens is 1. The number of hydrogen-bond donors (Lipinski definition) is 1. The van der Waals surface area contributed by atoms with Crippen LogP contribution in [-0.4, -0.2) is 23.3 Å². The third-order valence-electron chi connectivity index (χ3n) is 3.39. The molecule has 0 unspecified atom stereocenters. The van der Waals surface area contributed by atoms with Gasteiger partial charge in [0.2, 0.25) is 11.8 Å². The number of para-hydroxylation sites is 2. The van der Waals surface area contributed by atoms with Crippen molar-refractivity contribution in [2.45, 2.75) is 12.8 Å². The Kier molecular flexibility index (Phi) is 3.64. The molecule has 0 aliphatic carbocycles. The first-order valence-corrected chi connectivity index (χ1v) is 6.83. The molecule has 5 nitrogen and oxygen atoms in total. The van der Waals surface area contributed by atoms with E-state index in [9.17, 15) is 9.59 Å². The van der Waals surface area contributed by atoms with Gasteiger partial charge in [0.05, 0.1) is 11.4 Å². The molecule has 1 aliphatic heterocycles. The average Bonchev–Trinajstić information content (AvgIpc) is 2.52. The lowest BCUT2D eigenvalue weighted by molar-refractivity contribution is -0.121. The fourth-order valence-corrected chi connectivity index (χ4v) is 2.37. The standard InChI is InChI=1S/C16H15N3O2/c20-15-11-19(14-7-2-1-6-13(14)18-15)16(21)9-8-12-5-3-4-10-17-12/h1-7,10H,8-9,11H2,(H,18,20). The Morgan fingerprint density at radius 2 is 2.00 bits per heavy atom. The van der Waals surface area contributed by atoms with E-state index in [1.807, 2.05) is 36.4 Å². The molecule has 0 bridgehead atoms. The zero-order valence-electron chi connectivity index (χ0n) is 11.5. The topological polar surface area (TPSA) is 62.3 Å². The number of amides is 2. The second-order valence-electron chi connectivity index (χ2n) is 4.87. The van der Waals surface area contributed by atoms with Gasteiger partial charge < -0.3 is 10.2 Å². The third kappa shape index (κ3) is 2.91. The second-order valence-corrected chi connectivity index (χ2v) is 4.87. The summed E-state index contributed by atoms with van der Waals surface area (Å²) >= 11 is 0. The van der Waals surface area contributed by atoms with Gasteiger partial charge in [-0.3, -0.25) is 14.6 Å². The summed E-state index contributed by atoms with van der Waals surface area (Å²) in [6.07, 6.45) is 2.61. The Balaban J connectivity index is 1.74. The van der Waals surface area contributed by atoms with Crippen LogP contribution in [0.15, 0.2) is 48.7 Å². The molecular formula is C16H15N3O2. The molecule has 1 aliphatic rings. The lowest BCUT2D eigenvalue weighted by atomic mass is 10.1. The molecule has 0 atom stereocenters. The molecule has 106 valence electrons. The van der Waals surface area contributed by atoms with Crippen molar-refractivity contribution < 1.29 is 9.59 Å². The molecule has 5 heteroatoms. The molecule has 0 saturated heterocycles. The molecule has 21 heavy (non-hydrogen) atoms. The number of hydrogen-bond acceptors (Lipinski definition) is 3. The molecule has 0 spiro atoms. The molecule has 3 rings (SSSR count). The van der Waals surface area contributed by atoms with Crippen LogP contribution in [0.25, 0.3) is 0 Å². The van der Waals surface area contributed by atoms with Gasteiger partial charge in [-0.15, -0.1) is 0 Å². The van der Waals surface area contributed by atoms with E-state index in [0.717, 1.165) is 11.4 Å². The molecule has 1 aromatic heterocycles. The van der Waals surface area contributed by atoms with Crippen molar-refractivity contribution in [3.05, 3.63) is 54.4 Å². The largest absolute Gasteiger partial charge is 0.323 e. The van der Waals surface area contributed by atoms with Gasteiger partial charge in [0, 0.05) is 18.3 Å². The van der Waals surface area contributed by atoms with Crippen LogP contribution in [0.1, 0.15) is 12.1 Å². The zero-order chi connectivity index (χ0) is 14.7. The van der Waals surface area contributed by atoms with E-state index in [1.165, 1.54) is 4.90 Å². The van der Waals surface area contributed by atoms with Gasteiger partial charge in [-0.1, -0.05) is 18.2 Å². The van der Waals surface area contributed by atoms with Gasteiger partial charge in [-0.25, -0.2) is 0 Å². The Hall–Kier alpha value is -2.69. The van der Waals surface area contributed by atoms with Crippen LogP contribution in [-0.2, 0) is 16.0 Å². The van der Waals surface area contributed by atoms with Crippen molar-refractivity contribution >= 4 is 23.2 Å². The highest BCUT2D eigenvalue weighted by Gasteiger charge is 2.26. The lowest BCUT2D eigenvalue weighted by Gasteiger charge is -2.29. The number of aryl methyl sites for hydroxylation is 1. The summed E-state index contributed by atoms with van der Waals surface area (Å²) < 4.78 is 0. The van der Waals surface area contributed by atoms with Crippen molar-refractivity contribution in [3.63, 3.8) is 0 Å². The summed E-state index contributed by atoms with van der Waals surface area (Å²) in [4.78, 5) is 29.8. The van der Waals surface area contributed by atoms with Gasteiger partial charge in [0.1, 0.15) is 6.54 Å². The van der Waals surface area contributed by atoms with E-state index in [4.69, 9.17) is 0 Å². The molecule has 1 N–H and O–H groups in total. The van der Waals surface area contributed by atoms with Crippen LogP contribution in [0.5, 0.6) is 0 Å². The van der Waals surface area contributed by atoms with E-state index >= 15 is 0 Å². The van der Waals surface area contributed by atoms with Crippen LogP contribution in [0.4, 0.5) is 11.4 Å². The highest BCUT2D eigenvalue weighted by Crippen LogP contribution is 2.29. The Bertz CT molecular complexity index is 670. The van der Waals surface area contributed by atoms with E-state index in [-0.39, 0.29) is 18.4 Å². The first-order valence-electron chi connectivity index (χ1n) is 6.83. The quantitative estimate of drug-likeness (QED) is 0.936. The molecular weight excluding hydrogens is 266 g/mol. The van der Waals surface area contributed by atoms with E-state index in [1.54, 1.807) is 12.3 Å². The zero-order valence-corrected chi connectivity index (χ0v) is 11.5. The van der Waals surface area contributed by atoms with Gasteiger partial charge in [0.15, 0.2) is 0 Å². The molecule has 2 heterocycles. The monoisotopic (exact) mass is 281 g/mol. The maximum absolute atomic E-state index is 12.4. The van der Waals surface area contributed by atoms with E-state index < -0.39 is 0 Å². The molecule has 2 aromatic rings. The van der Waals surface area contributed by atoms with Crippen molar-refractivity contribution in [1.29, 1.82) is 0 Å². The smallest absolute Gasteiger partial charge is 0.244 e. The number of nitrogens with one attached hydrogen (secondary N) is 1. The summed E-state index contributed by atoms with van der Waals surface area (Å²) in [7, 11) is 0. The van der Waals surface area contributed by atoms with Crippen LogP contribution in [0, 0.1) is 0 Å². The van der Waals surface area contributed by atoms with Crippen molar-refractivity contribution in [2.24, 2.45) is 0 Å². The minimum Gasteiger partial charge on any atom is -0.323 e. The highest BCUT2D eigenvalue weighted by molar-refractivity contribution is 6.09. The minimum absolute atomic E-state index is 0.0667. The van der Waals surface area contributed by atoms with E-state index in [0.29, 0.717) is 18.5 Å². The summed E-state index contributed by atoms with van der Waals surface area (Å²) in [5.41, 5.74) is 2.31. The number of rotatable bonds is 3. The van der Waals surface area contributed by atoms with Crippen LogP contribution < -0.4 is 10.2 Å². The number of anilines is 2. The summed E-state index contributed by atoms with van der Waals surface area (Å²) in [5, 5.41) is 2.77. The predicted molar refractivity (Wildman–Crippen MR) is 80.0 cm³/mol. The number of carbonyl (C=O) groups excluding carboxylic acids is 2. The SMILES string of the molecule is O=C1CN(C(=O)CCc2ccccn2)c2ccccc2N1. The Morgan fingerprint density at radius 3 is 2.81 bits per heavy atom. The normalized spacial score (nSPS) is 13.5. The fraction of sp³-hybridized carbons (Fsp3) is 0.188. The first-order chi connectivity index (χ1) is 10.2. The maximum Gasteiger partial charge on any atom is 0.244 e. The van der Waals surface area contributed by atoms with Crippen LogP contribution >= 0.6 is 0 Å². The Labute approximate surface area is 122 Å². The number of pyridine rings is 1. The molecule has 0 radical (unpaired) electrons. The summed E-state index contributed by atoms with van der Waals surface area (Å²) in [6, 6.07) is 13.0. The second kappa shape index (κ2) is 5.75.